The molecule has 3 aromatic rings. The predicted molar refractivity (Wildman–Crippen MR) is 95.0 cm³/mol. The van der Waals surface area contributed by atoms with Gasteiger partial charge in [-0.15, -0.1) is 0 Å². The number of primary amides is 1. The Kier molecular flexibility index (Phi) is 4.84. The van der Waals surface area contributed by atoms with Crippen LogP contribution in [0.1, 0.15) is 28.4 Å². The minimum Gasteiger partial charge on any atom is -0.369 e. The van der Waals surface area contributed by atoms with Gasteiger partial charge in [0.1, 0.15) is 0 Å². The van der Waals surface area contributed by atoms with Crippen LogP contribution < -0.4 is 5.73 Å². The Morgan fingerprint density at radius 1 is 1.12 bits per heavy atom. The summed E-state index contributed by atoms with van der Waals surface area (Å²) in [6, 6.07) is 13.1. The zero-order chi connectivity index (χ0) is 18.8. The summed E-state index contributed by atoms with van der Waals surface area (Å²) in [6.45, 7) is 3.67. The summed E-state index contributed by atoms with van der Waals surface area (Å²) in [5.41, 5.74) is 9.18. The van der Waals surface area contributed by atoms with Gasteiger partial charge in [0.15, 0.2) is 11.6 Å². The molecule has 4 nitrogen and oxygen atoms in total. The third-order valence-corrected chi connectivity index (χ3v) is 4.46. The molecule has 2 aromatic carbocycles. The molecule has 0 aliphatic rings. The van der Waals surface area contributed by atoms with Crippen LogP contribution in [0.5, 0.6) is 0 Å². The van der Waals surface area contributed by atoms with Gasteiger partial charge >= 0.3 is 0 Å². The van der Waals surface area contributed by atoms with E-state index in [0.717, 1.165) is 23.5 Å². The van der Waals surface area contributed by atoms with E-state index in [2.05, 4.69) is 5.10 Å². The number of amides is 1. The number of halogens is 2. The second-order valence-corrected chi connectivity index (χ2v) is 6.24. The molecule has 0 fully saturated rings. The Balaban J connectivity index is 2.02. The van der Waals surface area contributed by atoms with Gasteiger partial charge in [0.25, 0.3) is 0 Å². The van der Waals surface area contributed by atoms with Gasteiger partial charge < -0.3 is 5.73 Å². The quantitative estimate of drug-likeness (QED) is 0.760. The van der Waals surface area contributed by atoms with Crippen molar-refractivity contribution in [1.82, 2.24) is 9.78 Å². The maximum Gasteiger partial charge on any atom is 0.225 e. The average Bonchev–Trinajstić information content (AvgIpc) is 2.91. The van der Waals surface area contributed by atoms with E-state index < -0.39 is 23.5 Å². The van der Waals surface area contributed by atoms with Crippen molar-refractivity contribution < 1.29 is 13.6 Å². The smallest absolute Gasteiger partial charge is 0.225 e. The second-order valence-electron chi connectivity index (χ2n) is 6.24. The molecule has 3 rings (SSSR count). The van der Waals surface area contributed by atoms with Crippen LogP contribution in [0.15, 0.2) is 48.5 Å². The van der Waals surface area contributed by atoms with Gasteiger partial charge in [-0.2, -0.15) is 5.10 Å². The first-order valence-corrected chi connectivity index (χ1v) is 8.23. The van der Waals surface area contributed by atoms with Crippen LogP contribution in [-0.4, -0.2) is 15.7 Å². The normalized spacial score (nSPS) is 12.2. The molecule has 0 aliphatic carbocycles. The molecule has 1 atom stereocenters. The van der Waals surface area contributed by atoms with Gasteiger partial charge in [-0.1, -0.05) is 24.3 Å². The van der Waals surface area contributed by atoms with Gasteiger partial charge in [-0.3, -0.25) is 4.79 Å². The minimum atomic E-state index is -0.945. The van der Waals surface area contributed by atoms with Crippen molar-refractivity contribution in [2.45, 2.75) is 26.2 Å². The molecule has 134 valence electrons. The first kappa shape index (κ1) is 17.8. The predicted octanol–water partition coefficient (Wildman–Crippen LogP) is 3.58. The number of aryl methyl sites for hydroxylation is 1. The lowest BCUT2D eigenvalue weighted by molar-refractivity contribution is -0.119. The average molecular weight is 355 g/mol. The number of rotatable bonds is 5. The van der Waals surface area contributed by atoms with Crippen molar-refractivity contribution in [1.29, 1.82) is 0 Å². The minimum absolute atomic E-state index is 0.175. The highest BCUT2D eigenvalue weighted by Crippen LogP contribution is 2.29. The highest BCUT2D eigenvalue weighted by molar-refractivity contribution is 5.83. The molecule has 1 heterocycles. The zero-order valence-corrected chi connectivity index (χ0v) is 14.5. The lowest BCUT2D eigenvalue weighted by atomic mass is 9.90. The number of benzene rings is 2. The molecular weight excluding hydrogens is 336 g/mol. The zero-order valence-electron chi connectivity index (χ0n) is 14.5. The molecule has 1 amide bonds. The van der Waals surface area contributed by atoms with E-state index in [0.29, 0.717) is 16.8 Å². The van der Waals surface area contributed by atoms with Crippen molar-refractivity contribution >= 4 is 5.91 Å². The number of hydrogen-bond acceptors (Lipinski definition) is 2. The van der Waals surface area contributed by atoms with Crippen LogP contribution in [0, 0.1) is 25.5 Å². The van der Waals surface area contributed by atoms with E-state index in [9.17, 15) is 13.6 Å². The van der Waals surface area contributed by atoms with Crippen LogP contribution >= 0.6 is 0 Å². The molecule has 2 N–H and O–H groups in total. The maximum absolute atomic E-state index is 13.5. The summed E-state index contributed by atoms with van der Waals surface area (Å²) in [4.78, 5) is 12.1. The number of nitrogens with two attached hydrogens (primary N) is 1. The fourth-order valence-corrected chi connectivity index (χ4v) is 3.23. The molecule has 0 aliphatic heterocycles. The van der Waals surface area contributed by atoms with Crippen molar-refractivity contribution in [2.24, 2.45) is 5.73 Å². The molecule has 0 spiro atoms. The maximum atomic E-state index is 13.5. The Labute approximate surface area is 150 Å². The van der Waals surface area contributed by atoms with Gasteiger partial charge in [-0.05, 0) is 50.1 Å². The molecular formula is C20H19F2N3O. The largest absolute Gasteiger partial charge is 0.369 e. The van der Waals surface area contributed by atoms with Crippen molar-refractivity contribution in [3.63, 3.8) is 0 Å². The highest BCUT2D eigenvalue weighted by Gasteiger charge is 2.26. The third-order valence-electron chi connectivity index (χ3n) is 4.46. The Bertz CT molecular complexity index is 951. The molecule has 0 bridgehead atoms. The van der Waals surface area contributed by atoms with Gasteiger partial charge in [0.2, 0.25) is 5.91 Å². The Morgan fingerprint density at radius 2 is 1.81 bits per heavy atom. The fourth-order valence-electron chi connectivity index (χ4n) is 3.23. The highest BCUT2D eigenvalue weighted by atomic mass is 19.2. The Hall–Kier alpha value is -3.02. The molecule has 6 heteroatoms. The van der Waals surface area contributed by atoms with Crippen molar-refractivity contribution in [2.75, 3.05) is 0 Å². The van der Waals surface area contributed by atoms with Crippen LogP contribution in [0.4, 0.5) is 8.78 Å². The van der Waals surface area contributed by atoms with Gasteiger partial charge in [0.05, 0.1) is 17.3 Å². The van der Waals surface area contributed by atoms with E-state index in [-0.39, 0.29) is 6.42 Å². The Morgan fingerprint density at radius 3 is 2.42 bits per heavy atom. The first-order chi connectivity index (χ1) is 12.4. The van der Waals surface area contributed by atoms with Crippen LogP contribution in [0.25, 0.3) is 5.69 Å². The van der Waals surface area contributed by atoms with Crippen LogP contribution in [-0.2, 0) is 11.2 Å². The molecule has 1 unspecified atom stereocenters. The fraction of sp³-hybridized carbons (Fsp3) is 0.200. The molecule has 26 heavy (non-hydrogen) atoms. The topological polar surface area (TPSA) is 60.9 Å². The summed E-state index contributed by atoms with van der Waals surface area (Å²) in [5, 5.41) is 4.53. The van der Waals surface area contributed by atoms with E-state index >= 15 is 0 Å². The van der Waals surface area contributed by atoms with Crippen molar-refractivity contribution in [3.05, 3.63) is 82.7 Å². The lowest BCUT2D eigenvalue weighted by Gasteiger charge is -2.15. The van der Waals surface area contributed by atoms with Gasteiger partial charge in [-0.25, -0.2) is 13.5 Å². The number of carbonyl (C=O) groups is 1. The number of aromatic nitrogens is 2. The van der Waals surface area contributed by atoms with E-state index in [1.165, 1.54) is 6.07 Å². The summed E-state index contributed by atoms with van der Waals surface area (Å²) >= 11 is 0. The molecule has 0 saturated carbocycles. The lowest BCUT2D eigenvalue weighted by Crippen LogP contribution is -2.24. The standard InChI is InChI=1S/C20H19F2N3O/c1-12-19(13(2)25(24-12)15-6-4-3-5-7-15)16(20(23)26)10-14-8-9-17(21)18(22)11-14/h3-9,11,16H,10H2,1-2H3,(H2,23,26). The molecule has 0 saturated heterocycles. The van der Waals surface area contributed by atoms with E-state index in [1.54, 1.807) is 4.68 Å². The summed E-state index contributed by atoms with van der Waals surface area (Å²) in [7, 11) is 0. The molecule has 0 radical (unpaired) electrons. The number of nitrogens with zero attached hydrogens (tertiary/aromatic N) is 2. The van der Waals surface area contributed by atoms with E-state index in [4.69, 9.17) is 5.73 Å². The second kappa shape index (κ2) is 7.07. The van der Waals surface area contributed by atoms with Crippen molar-refractivity contribution in [3.8, 4) is 5.69 Å². The number of para-hydroxylation sites is 1. The molecule has 1 aromatic heterocycles. The monoisotopic (exact) mass is 355 g/mol. The van der Waals surface area contributed by atoms with Crippen LogP contribution in [0.2, 0.25) is 0 Å². The summed E-state index contributed by atoms with van der Waals surface area (Å²) < 4.78 is 28.4. The van der Waals surface area contributed by atoms with E-state index in [1.807, 2.05) is 44.2 Å². The number of carbonyl (C=O) groups excluding carboxylic acids is 1. The van der Waals surface area contributed by atoms with Crippen LogP contribution in [0.3, 0.4) is 0 Å². The summed E-state index contributed by atoms with van der Waals surface area (Å²) in [6.07, 6.45) is 0.175. The SMILES string of the molecule is Cc1nn(-c2ccccc2)c(C)c1C(Cc1ccc(F)c(F)c1)C(N)=O. The first-order valence-electron chi connectivity index (χ1n) is 8.23. The van der Waals surface area contributed by atoms with Gasteiger partial charge in [0, 0.05) is 11.3 Å². The number of hydrogen-bond donors (Lipinski definition) is 1. The third kappa shape index (κ3) is 3.35. The summed E-state index contributed by atoms with van der Waals surface area (Å²) in [5.74, 6) is -3.08.